The van der Waals surface area contributed by atoms with Gasteiger partial charge in [0.2, 0.25) is 0 Å². The first-order chi connectivity index (χ1) is 5.77. The molecule has 0 N–H and O–H groups in total. The molecule has 0 unspecified atom stereocenters. The highest BCUT2D eigenvalue weighted by molar-refractivity contribution is 5.79. The Hall–Kier alpha value is -1.71. The highest BCUT2D eigenvalue weighted by Crippen LogP contribution is 2.10. The number of hydrogen-bond donors (Lipinski definition) is 0. The normalized spacial score (nSPS) is 10.4. The number of rotatable bonds is 0. The topological polar surface area (TPSA) is 52.7 Å². The molecular formula is C8H7N3O. The highest BCUT2D eigenvalue weighted by Gasteiger charge is 2.04. The van der Waals surface area contributed by atoms with Gasteiger partial charge >= 0.3 is 0 Å². The van der Waals surface area contributed by atoms with Crippen LogP contribution in [0.5, 0.6) is 0 Å². The van der Waals surface area contributed by atoms with E-state index in [0.29, 0.717) is 16.2 Å². The second-order valence-corrected chi connectivity index (χ2v) is 2.56. The van der Waals surface area contributed by atoms with Crippen LogP contribution in [0.4, 0.5) is 0 Å². The summed E-state index contributed by atoms with van der Waals surface area (Å²) >= 11 is 0. The highest BCUT2D eigenvalue weighted by atomic mass is 16.5. The molecule has 12 heavy (non-hydrogen) atoms. The van der Waals surface area contributed by atoms with Crippen molar-refractivity contribution in [3.8, 4) is 0 Å². The molecule has 0 atom stereocenters. The van der Waals surface area contributed by atoms with Crippen molar-refractivity contribution in [3.63, 3.8) is 0 Å². The average Bonchev–Trinajstić information content (AvgIpc) is 2.04. The molecule has 0 aliphatic rings. The fraction of sp³-hybridized carbons (Fsp3) is 0.125. The van der Waals surface area contributed by atoms with E-state index in [2.05, 4.69) is 10.2 Å². The van der Waals surface area contributed by atoms with Gasteiger partial charge in [-0.3, -0.25) is 0 Å². The molecule has 0 fully saturated rings. The monoisotopic (exact) mass is 161 g/mol. The van der Waals surface area contributed by atoms with Crippen molar-refractivity contribution in [3.05, 3.63) is 35.2 Å². The summed E-state index contributed by atoms with van der Waals surface area (Å²) in [6, 6.07) is 7.42. The van der Waals surface area contributed by atoms with E-state index in [1.807, 2.05) is 18.2 Å². The minimum atomic E-state index is 0.345. The molecule has 0 spiro atoms. The van der Waals surface area contributed by atoms with Crippen LogP contribution in [0.3, 0.4) is 0 Å². The maximum Gasteiger partial charge on any atom is 0.144 e. The van der Waals surface area contributed by atoms with Crippen LogP contribution in [0.25, 0.3) is 10.9 Å². The van der Waals surface area contributed by atoms with Crippen LogP contribution >= 0.6 is 0 Å². The van der Waals surface area contributed by atoms with Gasteiger partial charge in [-0.15, -0.1) is 0 Å². The number of aryl methyl sites for hydroxylation is 1. The Morgan fingerprint density at radius 1 is 1.25 bits per heavy atom. The van der Waals surface area contributed by atoms with Crippen LogP contribution in [0.15, 0.2) is 24.3 Å². The zero-order chi connectivity index (χ0) is 8.55. The Balaban J connectivity index is 2.89. The molecule has 2 aromatic rings. The molecule has 0 saturated carbocycles. The van der Waals surface area contributed by atoms with Gasteiger partial charge in [-0.2, -0.15) is 0 Å². The van der Waals surface area contributed by atoms with Gasteiger partial charge in [-0.1, -0.05) is 18.2 Å². The molecule has 1 heterocycles. The van der Waals surface area contributed by atoms with E-state index in [4.69, 9.17) is 0 Å². The molecule has 1 aromatic heterocycles. The molecule has 4 heteroatoms. The molecule has 0 aliphatic heterocycles. The summed E-state index contributed by atoms with van der Waals surface area (Å²) in [5.41, 5.74) is 1.38. The van der Waals surface area contributed by atoms with E-state index in [1.54, 1.807) is 13.0 Å². The first-order valence-electron chi connectivity index (χ1n) is 3.61. The molecule has 60 valence electrons. The minimum absolute atomic E-state index is 0.345. The van der Waals surface area contributed by atoms with E-state index < -0.39 is 0 Å². The quantitative estimate of drug-likeness (QED) is 0.419. The molecule has 0 bridgehead atoms. The minimum Gasteiger partial charge on any atom is -0.569 e. The fourth-order valence-corrected chi connectivity index (χ4v) is 1.16. The van der Waals surface area contributed by atoms with Crippen molar-refractivity contribution in [2.75, 3.05) is 0 Å². The predicted octanol–water partition coefficient (Wildman–Crippen LogP) is 0.572. The van der Waals surface area contributed by atoms with Gasteiger partial charge in [-0.25, -0.2) is 0 Å². The van der Waals surface area contributed by atoms with Crippen molar-refractivity contribution in [1.29, 1.82) is 0 Å². The maximum atomic E-state index is 10.8. The zero-order valence-corrected chi connectivity index (χ0v) is 6.56. The van der Waals surface area contributed by atoms with Crippen LogP contribution in [0.2, 0.25) is 0 Å². The molecule has 0 saturated heterocycles. The van der Waals surface area contributed by atoms with Gasteiger partial charge in [-0.05, 0) is 13.0 Å². The summed E-state index contributed by atoms with van der Waals surface area (Å²) in [7, 11) is 0. The van der Waals surface area contributed by atoms with E-state index >= 15 is 0 Å². The van der Waals surface area contributed by atoms with Gasteiger partial charge in [0.15, 0.2) is 0 Å². The van der Waals surface area contributed by atoms with Crippen LogP contribution in [-0.4, -0.2) is 10.2 Å². The zero-order valence-electron chi connectivity index (χ0n) is 6.56. The van der Waals surface area contributed by atoms with Gasteiger partial charge < -0.3 is 5.21 Å². The lowest BCUT2D eigenvalue weighted by atomic mass is 10.2. The lowest BCUT2D eigenvalue weighted by Crippen LogP contribution is -2.36. The standard InChI is InChI=1S/C8H7N3O/c1-6-7-4-2-3-5-8(7)10-11(12)9-6/h2-5H,1H3. The molecule has 4 nitrogen and oxygen atoms in total. The summed E-state index contributed by atoms with van der Waals surface area (Å²) in [6.45, 7) is 1.79. The molecule has 1 aromatic carbocycles. The summed E-state index contributed by atoms with van der Waals surface area (Å²) in [6.07, 6.45) is 0. The Bertz CT molecular complexity index is 428. The Morgan fingerprint density at radius 3 is 2.83 bits per heavy atom. The lowest BCUT2D eigenvalue weighted by molar-refractivity contribution is -0.726. The Labute approximate surface area is 69.0 Å². The molecule has 0 amide bonds. The van der Waals surface area contributed by atoms with Gasteiger partial charge in [0, 0.05) is 15.6 Å². The summed E-state index contributed by atoms with van der Waals surface area (Å²) in [4.78, 5) is 0.345. The van der Waals surface area contributed by atoms with Crippen LogP contribution in [0.1, 0.15) is 5.69 Å². The van der Waals surface area contributed by atoms with E-state index in [0.717, 1.165) is 5.39 Å². The van der Waals surface area contributed by atoms with Crippen molar-refractivity contribution >= 4 is 10.9 Å². The Morgan fingerprint density at radius 2 is 2.00 bits per heavy atom. The van der Waals surface area contributed by atoms with Crippen LogP contribution < -0.4 is 4.96 Å². The molecule has 2 rings (SSSR count). The second-order valence-electron chi connectivity index (χ2n) is 2.56. The SMILES string of the molecule is Cc1n[n+]([O-])nc2ccccc12. The van der Waals surface area contributed by atoms with E-state index in [-0.39, 0.29) is 0 Å². The van der Waals surface area contributed by atoms with E-state index in [1.165, 1.54) is 0 Å². The van der Waals surface area contributed by atoms with E-state index in [9.17, 15) is 5.21 Å². The Kier molecular flexibility index (Phi) is 1.40. The smallest absolute Gasteiger partial charge is 0.144 e. The number of hydrogen-bond acceptors (Lipinski definition) is 3. The number of fused-ring (bicyclic) bond motifs is 1. The summed E-state index contributed by atoms with van der Waals surface area (Å²) < 4.78 is 0. The third-order valence-electron chi connectivity index (χ3n) is 1.72. The van der Waals surface area contributed by atoms with Crippen molar-refractivity contribution in [1.82, 2.24) is 10.2 Å². The lowest BCUT2D eigenvalue weighted by Gasteiger charge is -1.96. The summed E-state index contributed by atoms with van der Waals surface area (Å²) in [5.74, 6) is 0. The molecular weight excluding hydrogens is 154 g/mol. The average molecular weight is 161 g/mol. The van der Waals surface area contributed by atoms with Crippen LogP contribution in [0, 0.1) is 12.1 Å². The van der Waals surface area contributed by atoms with Gasteiger partial charge in [0.05, 0.1) is 4.96 Å². The molecule has 0 aliphatic carbocycles. The summed E-state index contributed by atoms with van der Waals surface area (Å²) in [5, 5.41) is 19.1. The first kappa shape index (κ1) is 6.97. The van der Waals surface area contributed by atoms with Gasteiger partial charge in [0.25, 0.3) is 0 Å². The van der Waals surface area contributed by atoms with Gasteiger partial charge in [0.1, 0.15) is 11.2 Å². The van der Waals surface area contributed by atoms with Crippen molar-refractivity contribution < 1.29 is 4.96 Å². The number of nitrogens with zero attached hydrogens (tertiary/aromatic N) is 3. The van der Waals surface area contributed by atoms with Crippen molar-refractivity contribution in [2.24, 2.45) is 0 Å². The fourth-order valence-electron chi connectivity index (χ4n) is 1.16. The van der Waals surface area contributed by atoms with Crippen LogP contribution in [-0.2, 0) is 0 Å². The third-order valence-corrected chi connectivity index (χ3v) is 1.72. The van der Waals surface area contributed by atoms with Crippen molar-refractivity contribution in [2.45, 2.75) is 6.92 Å². The number of benzene rings is 1. The predicted molar refractivity (Wildman–Crippen MR) is 43.2 cm³/mol. The maximum absolute atomic E-state index is 10.8. The third kappa shape index (κ3) is 0.972. The molecule has 0 radical (unpaired) electrons. The number of aromatic nitrogens is 3. The second kappa shape index (κ2) is 2.41. The first-order valence-corrected chi connectivity index (χ1v) is 3.61. The largest absolute Gasteiger partial charge is 0.569 e.